The number of amidine groups is 1. The van der Waals surface area contributed by atoms with Gasteiger partial charge in [0.15, 0.2) is 5.17 Å². The minimum absolute atomic E-state index is 0.125. The molecule has 3 aromatic rings. The first-order chi connectivity index (χ1) is 18.7. The Balaban J connectivity index is 1.66. The molecule has 1 saturated heterocycles. The molecule has 1 fully saturated rings. The summed E-state index contributed by atoms with van der Waals surface area (Å²) in [6.45, 7) is 2.25. The van der Waals surface area contributed by atoms with Crippen molar-refractivity contribution in [3.05, 3.63) is 95.0 Å². The van der Waals surface area contributed by atoms with Crippen molar-refractivity contribution in [3.63, 3.8) is 0 Å². The highest BCUT2D eigenvalue weighted by Gasteiger charge is 2.36. The molecule has 39 heavy (non-hydrogen) atoms. The monoisotopic (exact) mass is 560 g/mol. The number of anilines is 2. The molecule has 2 amide bonds. The number of carboxylic acid groups (broad SMARTS) is 1. The Bertz CT molecular complexity index is 1460. The van der Waals surface area contributed by atoms with Gasteiger partial charge >= 0.3 is 5.97 Å². The standard InChI is InChI=1S/C29H28N4O4S2/c1-19(32(2)23-13-6-7-14-24(23)38)27-28(37)33(18-20-9-4-3-5-10-20)29(39-27)31-22-12-8-11-21(17-22)30-25(34)15-16-26(35)36/h3-14,17,38H,15-16,18H2,1-2H3,(H,30,34)(H,35,36)/b27-19+,31-29?. The quantitative estimate of drug-likeness (QED) is 0.222. The fourth-order valence-corrected chi connectivity index (χ4v) is 5.29. The highest BCUT2D eigenvalue weighted by atomic mass is 32.2. The van der Waals surface area contributed by atoms with Crippen molar-refractivity contribution in [1.29, 1.82) is 0 Å². The van der Waals surface area contributed by atoms with Crippen molar-refractivity contribution in [2.45, 2.75) is 31.2 Å². The summed E-state index contributed by atoms with van der Waals surface area (Å²) in [6.07, 6.45) is -0.374. The number of allylic oxidation sites excluding steroid dienone is 1. The Labute approximate surface area is 236 Å². The number of para-hydroxylation sites is 1. The molecular formula is C29H28N4O4S2. The Morgan fingerprint density at radius 3 is 2.46 bits per heavy atom. The second-order valence-corrected chi connectivity index (χ2v) is 10.3. The number of nitrogens with zero attached hydrogens (tertiary/aromatic N) is 3. The van der Waals surface area contributed by atoms with E-state index in [4.69, 9.17) is 10.1 Å². The number of amides is 2. The number of thioether (sulfide) groups is 1. The predicted octanol–water partition coefficient (Wildman–Crippen LogP) is 5.91. The van der Waals surface area contributed by atoms with E-state index in [1.165, 1.54) is 11.8 Å². The van der Waals surface area contributed by atoms with Gasteiger partial charge in [-0.3, -0.25) is 19.3 Å². The summed E-state index contributed by atoms with van der Waals surface area (Å²) in [4.78, 5) is 46.3. The summed E-state index contributed by atoms with van der Waals surface area (Å²) in [6, 6.07) is 24.3. The first-order valence-electron chi connectivity index (χ1n) is 12.2. The van der Waals surface area contributed by atoms with E-state index >= 15 is 0 Å². The molecule has 4 rings (SSSR count). The van der Waals surface area contributed by atoms with Crippen LogP contribution in [0.25, 0.3) is 0 Å². The molecule has 0 saturated carbocycles. The summed E-state index contributed by atoms with van der Waals surface area (Å²) in [5.41, 5.74) is 3.66. The molecule has 0 aromatic heterocycles. The number of aliphatic carboxylic acids is 1. The number of rotatable bonds is 9. The van der Waals surface area contributed by atoms with Crippen LogP contribution >= 0.6 is 24.4 Å². The molecule has 0 spiro atoms. The number of nitrogens with one attached hydrogen (secondary N) is 1. The Morgan fingerprint density at radius 2 is 1.74 bits per heavy atom. The number of aliphatic imine (C=N–C) groups is 1. The topological polar surface area (TPSA) is 102 Å². The normalized spacial score (nSPS) is 15.4. The van der Waals surface area contributed by atoms with E-state index < -0.39 is 11.9 Å². The van der Waals surface area contributed by atoms with E-state index in [9.17, 15) is 14.4 Å². The first kappa shape index (κ1) is 28.0. The van der Waals surface area contributed by atoms with Crippen LogP contribution in [0.5, 0.6) is 0 Å². The molecule has 0 aliphatic carbocycles. The Kier molecular flexibility index (Phi) is 9.11. The maximum absolute atomic E-state index is 13.7. The molecule has 0 atom stereocenters. The van der Waals surface area contributed by atoms with Crippen LogP contribution < -0.4 is 10.2 Å². The fraction of sp³-hybridized carbons (Fsp3) is 0.172. The van der Waals surface area contributed by atoms with Crippen molar-refractivity contribution in [1.82, 2.24) is 4.90 Å². The van der Waals surface area contributed by atoms with Crippen LogP contribution in [-0.2, 0) is 20.9 Å². The van der Waals surface area contributed by atoms with Crippen LogP contribution in [-0.4, -0.2) is 40.0 Å². The van der Waals surface area contributed by atoms with Crippen LogP contribution in [0.4, 0.5) is 17.1 Å². The summed E-state index contributed by atoms with van der Waals surface area (Å²) >= 11 is 5.87. The zero-order chi connectivity index (χ0) is 27.9. The average Bonchev–Trinajstić information content (AvgIpc) is 3.22. The Hall–Kier alpha value is -4.02. The minimum atomic E-state index is -1.03. The summed E-state index contributed by atoms with van der Waals surface area (Å²) in [5, 5.41) is 12.0. The molecule has 1 aliphatic rings. The number of carboxylic acids is 1. The van der Waals surface area contributed by atoms with Crippen molar-refractivity contribution in [3.8, 4) is 0 Å². The highest BCUT2D eigenvalue weighted by molar-refractivity contribution is 8.18. The summed E-state index contributed by atoms with van der Waals surface area (Å²) < 4.78 is 0. The van der Waals surface area contributed by atoms with E-state index in [1.807, 2.05) is 73.5 Å². The zero-order valence-corrected chi connectivity index (χ0v) is 23.2. The lowest BCUT2D eigenvalue weighted by Gasteiger charge is -2.22. The minimum Gasteiger partial charge on any atom is -0.481 e. The zero-order valence-electron chi connectivity index (χ0n) is 21.5. The van der Waals surface area contributed by atoms with E-state index in [1.54, 1.807) is 29.2 Å². The first-order valence-corrected chi connectivity index (χ1v) is 13.5. The number of hydrogen-bond donors (Lipinski definition) is 3. The van der Waals surface area contributed by atoms with Crippen LogP contribution in [0.1, 0.15) is 25.3 Å². The molecule has 1 heterocycles. The van der Waals surface area contributed by atoms with E-state index in [2.05, 4.69) is 17.9 Å². The average molecular weight is 561 g/mol. The molecule has 10 heteroatoms. The van der Waals surface area contributed by atoms with Gasteiger partial charge in [-0.25, -0.2) is 4.99 Å². The summed E-state index contributed by atoms with van der Waals surface area (Å²) in [7, 11) is 1.90. The van der Waals surface area contributed by atoms with E-state index in [-0.39, 0.29) is 18.7 Å². The van der Waals surface area contributed by atoms with Crippen LogP contribution in [0, 0.1) is 0 Å². The smallest absolute Gasteiger partial charge is 0.303 e. The van der Waals surface area contributed by atoms with Gasteiger partial charge in [-0.1, -0.05) is 48.5 Å². The number of carbonyl (C=O) groups is 3. The fourth-order valence-electron chi connectivity index (χ4n) is 3.91. The van der Waals surface area contributed by atoms with Gasteiger partial charge in [-0.05, 0) is 54.6 Å². The molecule has 200 valence electrons. The van der Waals surface area contributed by atoms with Gasteiger partial charge in [-0.2, -0.15) is 0 Å². The van der Waals surface area contributed by atoms with Gasteiger partial charge in [0.1, 0.15) is 0 Å². The van der Waals surface area contributed by atoms with Gasteiger partial charge in [0.05, 0.1) is 29.2 Å². The third kappa shape index (κ3) is 7.10. The van der Waals surface area contributed by atoms with Crippen LogP contribution in [0.2, 0.25) is 0 Å². The van der Waals surface area contributed by atoms with Gasteiger partial charge < -0.3 is 15.3 Å². The molecular weight excluding hydrogens is 532 g/mol. The van der Waals surface area contributed by atoms with E-state index in [0.29, 0.717) is 28.0 Å². The number of benzene rings is 3. The summed E-state index contributed by atoms with van der Waals surface area (Å²) in [5.74, 6) is -1.58. The molecule has 0 bridgehead atoms. The lowest BCUT2D eigenvalue weighted by molar-refractivity contribution is -0.138. The van der Waals surface area contributed by atoms with Gasteiger partial charge in [0.25, 0.3) is 5.91 Å². The number of hydrogen-bond acceptors (Lipinski definition) is 7. The lowest BCUT2D eigenvalue weighted by atomic mass is 10.2. The largest absolute Gasteiger partial charge is 0.481 e. The van der Waals surface area contributed by atoms with Crippen LogP contribution in [0.3, 0.4) is 0 Å². The lowest BCUT2D eigenvalue weighted by Crippen LogP contribution is -2.29. The predicted molar refractivity (Wildman–Crippen MR) is 158 cm³/mol. The maximum Gasteiger partial charge on any atom is 0.303 e. The molecule has 8 nitrogen and oxygen atoms in total. The van der Waals surface area contributed by atoms with Gasteiger partial charge in [-0.15, -0.1) is 12.6 Å². The third-order valence-electron chi connectivity index (χ3n) is 6.04. The number of thiol groups is 1. The van der Waals surface area contributed by atoms with Crippen molar-refractivity contribution < 1.29 is 19.5 Å². The molecule has 3 aromatic carbocycles. The third-order valence-corrected chi connectivity index (χ3v) is 7.59. The SMILES string of the molecule is C/C(=C1\SC(=Nc2cccc(NC(=O)CCC(=O)O)c2)N(Cc2ccccc2)C1=O)N(C)c1ccccc1S. The molecule has 0 unspecified atom stereocenters. The molecule has 0 radical (unpaired) electrons. The van der Waals surface area contributed by atoms with Crippen molar-refractivity contribution in [2.24, 2.45) is 4.99 Å². The molecule has 2 N–H and O–H groups in total. The second kappa shape index (κ2) is 12.7. The van der Waals surface area contributed by atoms with Gasteiger partial charge in [0, 0.05) is 29.7 Å². The molecule has 1 aliphatic heterocycles. The Morgan fingerprint density at radius 1 is 1.03 bits per heavy atom. The van der Waals surface area contributed by atoms with E-state index in [0.717, 1.165) is 21.8 Å². The van der Waals surface area contributed by atoms with Crippen molar-refractivity contribution in [2.75, 3.05) is 17.3 Å². The highest BCUT2D eigenvalue weighted by Crippen LogP contribution is 2.38. The number of carbonyl (C=O) groups excluding carboxylic acids is 2. The maximum atomic E-state index is 13.7. The second-order valence-electron chi connectivity index (χ2n) is 8.83. The van der Waals surface area contributed by atoms with Crippen LogP contribution in [0.15, 0.2) is 99.4 Å². The van der Waals surface area contributed by atoms with Gasteiger partial charge in [0.2, 0.25) is 5.91 Å². The van der Waals surface area contributed by atoms with Crippen molar-refractivity contribution >= 4 is 64.4 Å².